The van der Waals surface area contributed by atoms with Gasteiger partial charge >= 0.3 is 0 Å². The van der Waals surface area contributed by atoms with Gasteiger partial charge in [0.2, 0.25) is 0 Å². The second-order valence-electron chi connectivity index (χ2n) is 4.58. The van der Waals surface area contributed by atoms with E-state index in [9.17, 15) is 5.11 Å². The van der Waals surface area contributed by atoms with Crippen LogP contribution in [-0.4, -0.2) is 11.7 Å². The van der Waals surface area contributed by atoms with Crippen LogP contribution in [0.5, 0.6) is 0 Å². The highest BCUT2D eigenvalue weighted by Gasteiger charge is 2.12. The van der Waals surface area contributed by atoms with E-state index in [2.05, 4.69) is 5.32 Å². The highest BCUT2D eigenvalue weighted by molar-refractivity contribution is 5.24. The molecule has 0 spiro atoms. The lowest BCUT2D eigenvalue weighted by molar-refractivity contribution is 0.169. The van der Waals surface area contributed by atoms with Crippen molar-refractivity contribution in [1.82, 2.24) is 5.32 Å². The molecule has 0 saturated heterocycles. The number of hydrogen-bond donors (Lipinski definition) is 2. The van der Waals surface area contributed by atoms with Crippen molar-refractivity contribution in [3.8, 4) is 0 Å². The molecule has 0 unspecified atom stereocenters. The Kier molecular flexibility index (Phi) is 4.18. The van der Waals surface area contributed by atoms with Gasteiger partial charge in [-0.1, -0.05) is 29.8 Å². The molecule has 18 heavy (non-hydrogen) atoms. The summed E-state index contributed by atoms with van der Waals surface area (Å²) < 4.78 is 5.31. The van der Waals surface area contributed by atoms with Crippen molar-refractivity contribution in [1.29, 1.82) is 0 Å². The quantitative estimate of drug-likeness (QED) is 0.851. The number of furan rings is 1. The number of nitrogens with one attached hydrogen (secondary N) is 1. The first-order valence-corrected chi connectivity index (χ1v) is 6.18. The van der Waals surface area contributed by atoms with Crippen LogP contribution in [-0.2, 0) is 0 Å². The van der Waals surface area contributed by atoms with Crippen LogP contribution in [0.25, 0.3) is 0 Å². The smallest absolute Gasteiger partial charge is 0.120 e. The topological polar surface area (TPSA) is 45.4 Å². The van der Waals surface area contributed by atoms with Crippen molar-refractivity contribution >= 4 is 0 Å². The molecule has 2 aromatic rings. The van der Waals surface area contributed by atoms with Crippen LogP contribution in [0.2, 0.25) is 0 Å². The fourth-order valence-electron chi connectivity index (χ4n) is 1.92. The van der Waals surface area contributed by atoms with Gasteiger partial charge in [-0.25, -0.2) is 0 Å². The predicted molar refractivity (Wildman–Crippen MR) is 71.3 cm³/mol. The molecule has 3 heteroatoms. The molecule has 1 heterocycles. The summed E-state index contributed by atoms with van der Waals surface area (Å²) in [5.74, 6) is 0.881. The molecule has 0 aliphatic heterocycles. The average molecular weight is 245 g/mol. The van der Waals surface area contributed by atoms with E-state index in [4.69, 9.17) is 4.42 Å². The fourth-order valence-corrected chi connectivity index (χ4v) is 1.92. The summed E-state index contributed by atoms with van der Waals surface area (Å²) in [5.41, 5.74) is 2.10. The van der Waals surface area contributed by atoms with Gasteiger partial charge in [-0.2, -0.15) is 0 Å². The highest BCUT2D eigenvalue weighted by Crippen LogP contribution is 2.16. The van der Waals surface area contributed by atoms with Gasteiger partial charge in [0.25, 0.3) is 0 Å². The zero-order chi connectivity index (χ0) is 13.0. The Balaban J connectivity index is 1.90. The zero-order valence-corrected chi connectivity index (χ0v) is 10.8. The Bertz CT molecular complexity index is 479. The van der Waals surface area contributed by atoms with E-state index in [1.165, 1.54) is 0 Å². The van der Waals surface area contributed by atoms with Crippen molar-refractivity contribution in [2.75, 3.05) is 6.54 Å². The number of hydrogen-bond acceptors (Lipinski definition) is 3. The summed E-state index contributed by atoms with van der Waals surface area (Å²) in [6.45, 7) is 4.54. The van der Waals surface area contributed by atoms with E-state index in [1.807, 2.05) is 50.2 Å². The first-order valence-electron chi connectivity index (χ1n) is 6.18. The van der Waals surface area contributed by atoms with Crippen molar-refractivity contribution < 1.29 is 9.52 Å². The van der Waals surface area contributed by atoms with Crippen molar-refractivity contribution in [2.45, 2.75) is 26.0 Å². The average Bonchev–Trinajstić information content (AvgIpc) is 2.89. The second-order valence-corrected chi connectivity index (χ2v) is 4.58. The van der Waals surface area contributed by atoms with Crippen molar-refractivity contribution in [3.63, 3.8) is 0 Å². The third-order valence-corrected chi connectivity index (χ3v) is 3.01. The SMILES string of the molecule is Cc1cccc([C@@H](O)CN[C@@H](C)c2ccco2)c1. The Hall–Kier alpha value is -1.58. The lowest BCUT2D eigenvalue weighted by Crippen LogP contribution is -2.24. The van der Waals surface area contributed by atoms with Crippen molar-refractivity contribution in [3.05, 3.63) is 59.5 Å². The minimum Gasteiger partial charge on any atom is -0.468 e. The second kappa shape index (κ2) is 5.85. The summed E-state index contributed by atoms with van der Waals surface area (Å²) in [6, 6.07) is 11.8. The zero-order valence-electron chi connectivity index (χ0n) is 10.8. The third kappa shape index (κ3) is 3.22. The van der Waals surface area contributed by atoms with Gasteiger partial charge in [-0.15, -0.1) is 0 Å². The maximum atomic E-state index is 10.1. The van der Waals surface area contributed by atoms with E-state index in [1.54, 1.807) is 6.26 Å². The molecule has 2 rings (SSSR count). The Morgan fingerprint density at radius 2 is 2.11 bits per heavy atom. The number of aliphatic hydroxyl groups is 1. The van der Waals surface area contributed by atoms with Gasteiger partial charge in [0.15, 0.2) is 0 Å². The molecule has 0 amide bonds. The van der Waals surface area contributed by atoms with Gasteiger partial charge < -0.3 is 14.8 Å². The van der Waals surface area contributed by atoms with E-state index in [-0.39, 0.29) is 6.04 Å². The van der Waals surface area contributed by atoms with Gasteiger partial charge in [0.05, 0.1) is 18.4 Å². The molecule has 96 valence electrons. The Morgan fingerprint density at radius 1 is 1.28 bits per heavy atom. The third-order valence-electron chi connectivity index (χ3n) is 3.01. The maximum Gasteiger partial charge on any atom is 0.120 e. The molecule has 1 aromatic heterocycles. The summed E-state index contributed by atoms with van der Waals surface area (Å²) >= 11 is 0. The van der Waals surface area contributed by atoms with Gasteiger partial charge in [0, 0.05) is 6.54 Å². The summed E-state index contributed by atoms with van der Waals surface area (Å²) in [6.07, 6.45) is 1.16. The maximum absolute atomic E-state index is 10.1. The molecule has 0 aliphatic carbocycles. The molecule has 2 N–H and O–H groups in total. The molecule has 0 aliphatic rings. The van der Waals surface area contributed by atoms with E-state index >= 15 is 0 Å². The Morgan fingerprint density at radius 3 is 2.78 bits per heavy atom. The summed E-state index contributed by atoms with van der Waals surface area (Å²) in [5, 5.41) is 13.4. The minimum atomic E-state index is -0.498. The molecular formula is C15H19NO2. The van der Waals surface area contributed by atoms with Crippen LogP contribution in [0.4, 0.5) is 0 Å². The molecule has 0 fully saturated rings. The molecular weight excluding hydrogens is 226 g/mol. The van der Waals surface area contributed by atoms with Crippen LogP contribution in [0.1, 0.15) is 36.0 Å². The first-order chi connectivity index (χ1) is 8.66. The number of benzene rings is 1. The van der Waals surface area contributed by atoms with Crippen LogP contribution < -0.4 is 5.32 Å². The molecule has 2 atom stereocenters. The van der Waals surface area contributed by atoms with Gasteiger partial charge in [-0.3, -0.25) is 0 Å². The van der Waals surface area contributed by atoms with Crippen molar-refractivity contribution in [2.24, 2.45) is 0 Å². The van der Waals surface area contributed by atoms with Gasteiger partial charge in [0.1, 0.15) is 5.76 Å². The monoisotopic (exact) mass is 245 g/mol. The lowest BCUT2D eigenvalue weighted by Gasteiger charge is -2.16. The Labute approximate surface area is 107 Å². The normalized spacial score (nSPS) is 14.4. The molecule has 1 aromatic carbocycles. The first kappa shape index (κ1) is 12.9. The lowest BCUT2D eigenvalue weighted by atomic mass is 10.1. The standard InChI is InChI=1S/C15H19NO2/c1-11-5-3-6-13(9-11)14(17)10-16-12(2)15-7-4-8-18-15/h3-9,12,14,16-17H,10H2,1-2H3/t12-,14-/m0/s1. The van der Waals surface area contributed by atoms with E-state index < -0.39 is 6.10 Å². The van der Waals surface area contributed by atoms with E-state index in [0.29, 0.717) is 6.54 Å². The van der Waals surface area contributed by atoms with Crippen LogP contribution in [0, 0.1) is 6.92 Å². The predicted octanol–water partition coefficient (Wildman–Crippen LogP) is 2.97. The molecule has 0 saturated carbocycles. The summed E-state index contributed by atoms with van der Waals surface area (Å²) in [7, 11) is 0. The van der Waals surface area contributed by atoms with Crippen LogP contribution >= 0.6 is 0 Å². The largest absolute Gasteiger partial charge is 0.468 e. The molecule has 0 radical (unpaired) electrons. The molecule has 0 bridgehead atoms. The number of aliphatic hydroxyl groups excluding tert-OH is 1. The molecule has 3 nitrogen and oxygen atoms in total. The number of aryl methyl sites for hydroxylation is 1. The van der Waals surface area contributed by atoms with E-state index in [0.717, 1.165) is 16.9 Å². The van der Waals surface area contributed by atoms with Gasteiger partial charge in [-0.05, 0) is 31.5 Å². The highest BCUT2D eigenvalue weighted by atomic mass is 16.3. The minimum absolute atomic E-state index is 0.0967. The van der Waals surface area contributed by atoms with Crippen LogP contribution in [0.15, 0.2) is 47.1 Å². The fraction of sp³-hybridized carbons (Fsp3) is 0.333. The number of rotatable bonds is 5. The summed E-state index contributed by atoms with van der Waals surface area (Å²) in [4.78, 5) is 0. The van der Waals surface area contributed by atoms with Crippen LogP contribution in [0.3, 0.4) is 0 Å².